The Balaban J connectivity index is 1.13. The van der Waals surface area contributed by atoms with Crippen molar-refractivity contribution in [3.05, 3.63) is 168 Å². The van der Waals surface area contributed by atoms with Gasteiger partial charge in [0.15, 0.2) is 0 Å². The second kappa shape index (κ2) is 14.7. The molecule has 2 aromatic heterocycles. The number of rotatable bonds is 6. The molecule has 0 saturated carbocycles. The molecule has 0 radical (unpaired) electrons. The maximum atomic E-state index is 10.2. The van der Waals surface area contributed by atoms with Gasteiger partial charge in [0.2, 0.25) is 0 Å². The molecule has 304 valence electrons. The molecular weight excluding hydrogens is 747 g/mol. The van der Waals surface area contributed by atoms with Crippen molar-refractivity contribution < 1.29 is 4.74 Å². The molecule has 1 aliphatic rings. The number of pyridine rings is 1. The van der Waals surface area contributed by atoms with Crippen LogP contribution in [-0.2, 0) is 16.2 Å². The summed E-state index contributed by atoms with van der Waals surface area (Å²) in [6.07, 6.45) is 1.87. The van der Waals surface area contributed by atoms with Crippen LogP contribution in [0.4, 0.5) is 22.7 Å². The fraction of sp³-hybridized carbons (Fsp3) is 0.236. The molecule has 0 bridgehead atoms. The Kier molecular flexibility index (Phi) is 9.55. The van der Waals surface area contributed by atoms with Gasteiger partial charge in [0, 0.05) is 40.5 Å². The van der Waals surface area contributed by atoms with Crippen LogP contribution in [0.1, 0.15) is 84.6 Å². The summed E-state index contributed by atoms with van der Waals surface area (Å²) in [6, 6.07) is 51.6. The fourth-order valence-electron chi connectivity index (χ4n) is 8.46. The molecule has 8 aromatic rings. The molecule has 6 aromatic carbocycles. The summed E-state index contributed by atoms with van der Waals surface area (Å²) in [4.78, 5) is 9.70. The third-order valence-electron chi connectivity index (χ3n) is 12.0. The predicted octanol–water partition coefficient (Wildman–Crippen LogP) is 14.6. The van der Waals surface area contributed by atoms with E-state index in [0.29, 0.717) is 18.0 Å². The Hall–Kier alpha value is -6.84. The van der Waals surface area contributed by atoms with Crippen molar-refractivity contribution in [2.75, 3.05) is 16.5 Å². The molecule has 61 heavy (non-hydrogen) atoms. The largest absolute Gasteiger partial charge is 0.457 e. The maximum Gasteiger partial charge on any atom is 0.137 e. The van der Waals surface area contributed by atoms with Crippen LogP contribution >= 0.6 is 0 Å². The van der Waals surface area contributed by atoms with E-state index < -0.39 is 0 Å². The zero-order valence-corrected chi connectivity index (χ0v) is 36.7. The Morgan fingerprint density at radius 1 is 0.541 bits per heavy atom. The normalized spacial score (nSPS) is 13.2. The maximum absolute atomic E-state index is 10.2. The fourth-order valence-corrected chi connectivity index (χ4v) is 8.46. The van der Waals surface area contributed by atoms with Crippen molar-refractivity contribution in [3.63, 3.8) is 0 Å². The van der Waals surface area contributed by atoms with Crippen molar-refractivity contribution in [1.82, 2.24) is 9.55 Å². The van der Waals surface area contributed by atoms with E-state index in [2.05, 4.69) is 198 Å². The third kappa shape index (κ3) is 7.40. The Morgan fingerprint density at radius 2 is 1.23 bits per heavy atom. The lowest BCUT2D eigenvalue weighted by molar-refractivity contribution is 0.483. The zero-order chi connectivity index (χ0) is 42.8. The molecule has 0 N–H and O–H groups in total. The number of nitriles is 1. The first-order chi connectivity index (χ1) is 29.1. The summed E-state index contributed by atoms with van der Waals surface area (Å²) < 4.78 is 8.92. The summed E-state index contributed by atoms with van der Waals surface area (Å²) in [5.41, 5.74) is 13.1. The first-order valence-electron chi connectivity index (χ1n) is 21.2. The number of fused-ring (bicyclic) bond motifs is 4. The summed E-state index contributed by atoms with van der Waals surface area (Å²) >= 11 is 0. The van der Waals surface area contributed by atoms with Crippen molar-refractivity contribution in [2.24, 2.45) is 0 Å². The second-order valence-electron chi connectivity index (χ2n) is 19.4. The van der Waals surface area contributed by atoms with Gasteiger partial charge in [-0.05, 0) is 117 Å². The Morgan fingerprint density at radius 3 is 1.93 bits per heavy atom. The molecule has 0 unspecified atom stereocenters. The van der Waals surface area contributed by atoms with Crippen LogP contribution in [-0.4, -0.2) is 16.2 Å². The van der Waals surface area contributed by atoms with Crippen molar-refractivity contribution in [2.45, 2.75) is 78.6 Å². The quantitative estimate of drug-likeness (QED) is 0.168. The molecule has 1 aliphatic heterocycles. The predicted molar refractivity (Wildman–Crippen MR) is 253 cm³/mol. The summed E-state index contributed by atoms with van der Waals surface area (Å²) in [5.74, 6) is 2.23. The van der Waals surface area contributed by atoms with Crippen LogP contribution in [0.5, 0.6) is 11.5 Å². The van der Waals surface area contributed by atoms with Crippen LogP contribution in [0, 0.1) is 11.3 Å². The van der Waals surface area contributed by atoms with Gasteiger partial charge in [0.1, 0.15) is 24.0 Å². The monoisotopic (exact) mass is 799 g/mol. The third-order valence-corrected chi connectivity index (χ3v) is 12.0. The van der Waals surface area contributed by atoms with Gasteiger partial charge in [0.05, 0.1) is 34.0 Å². The molecule has 0 fully saturated rings. The minimum absolute atomic E-state index is 0.0105. The summed E-state index contributed by atoms with van der Waals surface area (Å²) in [6.45, 7) is 21.0. The number of ether oxygens (including phenoxy) is 1. The molecule has 0 saturated heterocycles. The molecule has 9 rings (SSSR count). The zero-order valence-electron chi connectivity index (χ0n) is 36.7. The van der Waals surface area contributed by atoms with E-state index in [4.69, 9.17) is 9.72 Å². The average molecular weight is 800 g/mol. The summed E-state index contributed by atoms with van der Waals surface area (Å²) in [5, 5.41) is 12.1. The molecule has 0 atom stereocenters. The van der Waals surface area contributed by atoms with E-state index in [1.54, 1.807) is 0 Å². The van der Waals surface area contributed by atoms with Gasteiger partial charge in [0.25, 0.3) is 0 Å². The second-order valence-corrected chi connectivity index (χ2v) is 19.4. The lowest BCUT2D eigenvalue weighted by Crippen LogP contribution is -2.25. The number of hydrogen-bond donors (Lipinski definition) is 0. The molecule has 0 amide bonds. The average Bonchev–Trinajstić information content (AvgIpc) is 3.79. The van der Waals surface area contributed by atoms with Crippen LogP contribution in [0.25, 0.3) is 38.8 Å². The summed E-state index contributed by atoms with van der Waals surface area (Å²) in [7, 11) is 0. The minimum Gasteiger partial charge on any atom is -0.457 e. The van der Waals surface area contributed by atoms with Crippen molar-refractivity contribution in [3.8, 4) is 34.5 Å². The van der Waals surface area contributed by atoms with Gasteiger partial charge in [-0.1, -0.05) is 117 Å². The minimum atomic E-state index is -0.0601. The van der Waals surface area contributed by atoms with E-state index in [0.717, 1.165) is 50.4 Å². The van der Waals surface area contributed by atoms with Crippen LogP contribution in [0.3, 0.4) is 0 Å². The molecule has 3 heterocycles. The smallest absolute Gasteiger partial charge is 0.137 e. The van der Waals surface area contributed by atoms with Gasteiger partial charge >= 0.3 is 0 Å². The van der Waals surface area contributed by atoms with Gasteiger partial charge in [-0.3, -0.25) is 4.57 Å². The lowest BCUT2D eigenvalue weighted by atomic mass is 9.80. The van der Waals surface area contributed by atoms with E-state index >= 15 is 0 Å². The van der Waals surface area contributed by atoms with E-state index in [9.17, 15) is 5.26 Å². The number of benzene rings is 6. The van der Waals surface area contributed by atoms with Crippen LogP contribution in [0.2, 0.25) is 0 Å². The highest BCUT2D eigenvalue weighted by molar-refractivity contribution is 6.12. The molecule has 6 heteroatoms. The van der Waals surface area contributed by atoms with E-state index in [-0.39, 0.29) is 16.2 Å². The van der Waals surface area contributed by atoms with Gasteiger partial charge in [-0.15, -0.1) is 0 Å². The number of aromatic nitrogens is 2. The lowest BCUT2D eigenvalue weighted by Gasteiger charge is -2.29. The van der Waals surface area contributed by atoms with Crippen molar-refractivity contribution in [1.29, 1.82) is 5.26 Å². The standard InChI is InChI=1S/C55H53N5O/c1-53(2,3)39-25-26-57-51(31-39)60-48-20-13-17-38(34-56)52(48)46-23-22-45(33-49(46)60)61-44-19-14-18-42(32-44)58-35-59(43-29-40(54(4,5)6)28-41(30-43)55(7,8)9)47-24-21-37(27-50(47)58)36-15-11-10-12-16-36/h10-33H,35H2,1-9H3. The first-order valence-corrected chi connectivity index (χ1v) is 21.2. The molecule has 6 nitrogen and oxygen atoms in total. The Labute approximate surface area is 360 Å². The van der Waals surface area contributed by atoms with Crippen molar-refractivity contribution >= 4 is 44.6 Å². The topological polar surface area (TPSA) is 57.3 Å². The molecular formula is C55H53N5O. The first kappa shape index (κ1) is 39.6. The number of hydrogen-bond acceptors (Lipinski definition) is 5. The number of nitrogens with zero attached hydrogens (tertiary/aromatic N) is 5. The van der Waals surface area contributed by atoms with Crippen LogP contribution in [0.15, 0.2) is 146 Å². The highest BCUT2D eigenvalue weighted by Crippen LogP contribution is 2.48. The van der Waals surface area contributed by atoms with E-state index in [1.165, 1.54) is 33.5 Å². The Bertz CT molecular complexity index is 2970. The van der Waals surface area contributed by atoms with Gasteiger partial charge < -0.3 is 14.5 Å². The van der Waals surface area contributed by atoms with E-state index in [1.807, 2.05) is 30.5 Å². The van der Waals surface area contributed by atoms with Gasteiger partial charge in [-0.2, -0.15) is 5.26 Å². The molecule has 0 aliphatic carbocycles. The highest BCUT2D eigenvalue weighted by atomic mass is 16.5. The number of anilines is 4. The molecule has 0 spiro atoms. The SMILES string of the molecule is CC(C)(C)c1cc(N2CN(c3cccc(Oc4ccc5c6c(C#N)cccc6n(-c6cc(C(C)(C)C)ccn6)c5c4)c3)c3cc(-c4ccccc4)ccc32)cc(C(C)(C)C)c1. The van der Waals surface area contributed by atoms with Crippen LogP contribution < -0.4 is 14.5 Å². The van der Waals surface area contributed by atoms with Gasteiger partial charge in [-0.25, -0.2) is 4.98 Å². The highest BCUT2D eigenvalue weighted by Gasteiger charge is 2.31.